The third-order valence-corrected chi connectivity index (χ3v) is 1.76. The van der Waals surface area contributed by atoms with Crippen molar-refractivity contribution in [2.75, 3.05) is 0 Å². The van der Waals surface area contributed by atoms with Gasteiger partial charge < -0.3 is 10.2 Å². The number of nitrogens with zero attached hydrogens (tertiary/aromatic N) is 1. The molecule has 1 fully saturated rings. The van der Waals surface area contributed by atoms with Crippen molar-refractivity contribution in [1.29, 1.82) is 0 Å². The SMILES string of the molecule is CCC1(O)CCC(O)[N]1. The van der Waals surface area contributed by atoms with Crippen LogP contribution in [0, 0.1) is 0 Å². The second-order valence-corrected chi connectivity index (χ2v) is 2.48. The van der Waals surface area contributed by atoms with Crippen molar-refractivity contribution in [2.45, 2.75) is 38.1 Å². The minimum atomic E-state index is -0.917. The minimum absolute atomic E-state index is 0.601. The van der Waals surface area contributed by atoms with Crippen molar-refractivity contribution < 1.29 is 10.2 Å². The molecule has 1 aliphatic heterocycles. The fourth-order valence-corrected chi connectivity index (χ4v) is 1.03. The van der Waals surface area contributed by atoms with Crippen molar-refractivity contribution in [3.05, 3.63) is 0 Å². The molecule has 0 bridgehead atoms. The van der Waals surface area contributed by atoms with Gasteiger partial charge in [0.15, 0.2) is 0 Å². The zero-order valence-electron chi connectivity index (χ0n) is 5.54. The Morgan fingerprint density at radius 3 is 2.67 bits per heavy atom. The summed E-state index contributed by atoms with van der Waals surface area (Å²) in [5, 5.41) is 22.0. The van der Waals surface area contributed by atoms with Crippen LogP contribution in [0.5, 0.6) is 0 Å². The first-order valence-electron chi connectivity index (χ1n) is 3.29. The van der Waals surface area contributed by atoms with Gasteiger partial charge in [-0.15, -0.1) is 0 Å². The number of hydrogen-bond acceptors (Lipinski definition) is 2. The molecule has 0 aromatic heterocycles. The second-order valence-electron chi connectivity index (χ2n) is 2.48. The molecule has 53 valence electrons. The molecular formula is C6H12NO2. The van der Waals surface area contributed by atoms with E-state index in [0.29, 0.717) is 19.3 Å². The zero-order chi connectivity index (χ0) is 6.91. The molecule has 0 saturated carbocycles. The molecule has 1 rings (SSSR count). The molecule has 1 heterocycles. The predicted molar refractivity (Wildman–Crippen MR) is 32.6 cm³/mol. The number of hydrogen-bond donors (Lipinski definition) is 2. The van der Waals surface area contributed by atoms with Crippen LogP contribution in [0.2, 0.25) is 0 Å². The molecule has 3 heteroatoms. The first-order chi connectivity index (χ1) is 4.16. The van der Waals surface area contributed by atoms with Crippen LogP contribution in [-0.2, 0) is 0 Å². The summed E-state index contributed by atoms with van der Waals surface area (Å²) in [5.41, 5.74) is -0.917. The standard InChI is InChI=1S/C6H12NO2/c1-2-6(9)4-3-5(8)7-6/h5,8-9H,2-4H2,1H3. The van der Waals surface area contributed by atoms with Gasteiger partial charge in [-0.05, 0) is 19.3 Å². The van der Waals surface area contributed by atoms with E-state index in [1.165, 1.54) is 0 Å². The van der Waals surface area contributed by atoms with Crippen LogP contribution < -0.4 is 5.32 Å². The van der Waals surface area contributed by atoms with Gasteiger partial charge in [0.1, 0.15) is 12.0 Å². The Kier molecular flexibility index (Phi) is 1.75. The van der Waals surface area contributed by atoms with Crippen LogP contribution in [-0.4, -0.2) is 22.2 Å². The van der Waals surface area contributed by atoms with E-state index >= 15 is 0 Å². The lowest BCUT2D eigenvalue weighted by Gasteiger charge is -2.18. The molecular weight excluding hydrogens is 118 g/mol. The highest BCUT2D eigenvalue weighted by Gasteiger charge is 2.35. The van der Waals surface area contributed by atoms with Gasteiger partial charge in [-0.3, -0.25) is 0 Å². The van der Waals surface area contributed by atoms with Gasteiger partial charge in [0.05, 0.1) is 0 Å². The molecule has 9 heavy (non-hydrogen) atoms. The fourth-order valence-electron chi connectivity index (χ4n) is 1.03. The van der Waals surface area contributed by atoms with Gasteiger partial charge in [0.25, 0.3) is 0 Å². The second kappa shape index (κ2) is 2.25. The number of aliphatic hydroxyl groups is 2. The molecule has 0 amide bonds. The van der Waals surface area contributed by atoms with Crippen molar-refractivity contribution in [1.82, 2.24) is 5.32 Å². The smallest absolute Gasteiger partial charge is 0.133 e. The van der Waals surface area contributed by atoms with Gasteiger partial charge in [-0.25, -0.2) is 0 Å². The van der Waals surface area contributed by atoms with E-state index in [4.69, 9.17) is 5.11 Å². The highest BCUT2D eigenvalue weighted by atomic mass is 16.3. The molecule has 1 saturated heterocycles. The molecule has 0 aromatic carbocycles. The molecule has 2 unspecified atom stereocenters. The Morgan fingerprint density at radius 2 is 2.44 bits per heavy atom. The predicted octanol–water partition coefficient (Wildman–Crippen LogP) is -0.198. The molecule has 3 nitrogen and oxygen atoms in total. The van der Waals surface area contributed by atoms with Crippen molar-refractivity contribution >= 4 is 0 Å². The van der Waals surface area contributed by atoms with Crippen LogP contribution in [0.1, 0.15) is 26.2 Å². The maximum Gasteiger partial charge on any atom is 0.133 e. The van der Waals surface area contributed by atoms with Crippen LogP contribution in [0.4, 0.5) is 0 Å². The van der Waals surface area contributed by atoms with Gasteiger partial charge >= 0.3 is 0 Å². The summed E-state index contributed by atoms with van der Waals surface area (Å²) >= 11 is 0. The first kappa shape index (κ1) is 6.99. The molecule has 0 aliphatic carbocycles. The zero-order valence-corrected chi connectivity index (χ0v) is 5.54. The third kappa shape index (κ3) is 1.41. The van der Waals surface area contributed by atoms with E-state index in [-0.39, 0.29) is 0 Å². The normalized spacial score (nSPS) is 43.7. The molecule has 2 N–H and O–H groups in total. The van der Waals surface area contributed by atoms with Crippen molar-refractivity contribution in [3.63, 3.8) is 0 Å². The third-order valence-electron chi connectivity index (χ3n) is 1.76. The molecule has 1 radical (unpaired) electrons. The van der Waals surface area contributed by atoms with Crippen LogP contribution in [0.3, 0.4) is 0 Å². The van der Waals surface area contributed by atoms with Gasteiger partial charge in [-0.2, -0.15) is 5.32 Å². The Balaban J connectivity index is 2.45. The van der Waals surface area contributed by atoms with Gasteiger partial charge in [0, 0.05) is 0 Å². The lowest BCUT2D eigenvalue weighted by molar-refractivity contribution is -0.00820. The van der Waals surface area contributed by atoms with Crippen molar-refractivity contribution in [3.8, 4) is 0 Å². The summed E-state index contributed by atoms with van der Waals surface area (Å²) in [6.45, 7) is 1.86. The van der Waals surface area contributed by atoms with Crippen LogP contribution >= 0.6 is 0 Å². The molecule has 0 aromatic rings. The Bertz CT molecular complexity index is 107. The van der Waals surface area contributed by atoms with Crippen LogP contribution in [0.15, 0.2) is 0 Å². The Morgan fingerprint density at radius 1 is 1.78 bits per heavy atom. The van der Waals surface area contributed by atoms with E-state index in [9.17, 15) is 5.11 Å². The van der Waals surface area contributed by atoms with E-state index in [1.807, 2.05) is 6.92 Å². The number of aliphatic hydroxyl groups excluding tert-OH is 1. The fraction of sp³-hybridized carbons (Fsp3) is 1.00. The van der Waals surface area contributed by atoms with Gasteiger partial charge in [-0.1, -0.05) is 6.92 Å². The monoisotopic (exact) mass is 130 g/mol. The largest absolute Gasteiger partial charge is 0.377 e. The minimum Gasteiger partial charge on any atom is -0.377 e. The molecule has 1 aliphatic rings. The topological polar surface area (TPSA) is 54.6 Å². The highest BCUT2D eigenvalue weighted by Crippen LogP contribution is 2.23. The molecule has 2 atom stereocenters. The van der Waals surface area contributed by atoms with E-state index in [0.717, 1.165) is 0 Å². The summed E-state index contributed by atoms with van der Waals surface area (Å²) in [5.74, 6) is 0. The van der Waals surface area contributed by atoms with E-state index in [2.05, 4.69) is 5.32 Å². The summed E-state index contributed by atoms with van der Waals surface area (Å²) in [4.78, 5) is 0. The molecule has 0 spiro atoms. The maximum atomic E-state index is 9.34. The first-order valence-corrected chi connectivity index (χ1v) is 3.29. The highest BCUT2D eigenvalue weighted by molar-refractivity contribution is 4.82. The Labute approximate surface area is 54.7 Å². The lowest BCUT2D eigenvalue weighted by atomic mass is 10.1. The Hall–Kier alpha value is -0.120. The van der Waals surface area contributed by atoms with E-state index in [1.54, 1.807) is 0 Å². The van der Waals surface area contributed by atoms with Crippen LogP contribution in [0.25, 0.3) is 0 Å². The van der Waals surface area contributed by atoms with Crippen molar-refractivity contribution in [2.24, 2.45) is 0 Å². The van der Waals surface area contributed by atoms with E-state index < -0.39 is 12.0 Å². The van der Waals surface area contributed by atoms with Gasteiger partial charge in [0.2, 0.25) is 0 Å². The summed E-state index contributed by atoms with van der Waals surface area (Å²) in [6.07, 6.45) is 1.17. The number of rotatable bonds is 1. The maximum absolute atomic E-state index is 9.34. The summed E-state index contributed by atoms with van der Waals surface area (Å²) in [7, 11) is 0. The average Bonchev–Trinajstić information content (AvgIpc) is 2.13. The lowest BCUT2D eigenvalue weighted by Crippen LogP contribution is -2.35. The average molecular weight is 130 g/mol. The summed E-state index contributed by atoms with van der Waals surface area (Å²) < 4.78 is 0. The quantitative estimate of drug-likeness (QED) is 0.516. The summed E-state index contributed by atoms with van der Waals surface area (Å²) in [6, 6.07) is 0.